The van der Waals surface area contributed by atoms with E-state index in [4.69, 9.17) is 4.42 Å². The van der Waals surface area contributed by atoms with Gasteiger partial charge in [-0.05, 0) is 36.9 Å². The number of fused-ring (bicyclic) bond motifs is 1. The maximum Gasteiger partial charge on any atom is 0.332 e. The van der Waals surface area contributed by atoms with E-state index in [2.05, 4.69) is 5.32 Å². The highest BCUT2D eigenvalue weighted by atomic mass is 32.1. The molecular formula is C17H19N3O4S. The van der Waals surface area contributed by atoms with Crippen LogP contribution in [0.5, 0.6) is 0 Å². The molecule has 0 saturated heterocycles. The molecule has 25 heavy (non-hydrogen) atoms. The van der Waals surface area contributed by atoms with Crippen LogP contribution >= 0.6 is 11.3 Å². The van der Waals surface area contributed by atoms with Gasteiger partial charge in [-0.3, -0.25) is 18.7 Å². The van der Waals surface area contributed by atoms with Crippen molar-refractivity contribution in [3.63, 3.8) is 0 Å². The highest BCUT2D eigenvalue weighted by molar-refractivity contribution is 7.17. The molecule has 0 aliphatic carbocycles. The molecule has 3 aromatic heterocycles. The summed E-state index contributed by atoms with van der Waals surface area (Å²) in [6, 6.07) is 5.11. The summed E-state index contributed by atoms with van der Waals surface area (Å²) in [5.74, 6) is 0.248. The van der Waals surface area contributed by atoms with E-state index >= 15 is 0 Å². The van der Waals surface area contributed by atoms with E-state index in [9.17, 15) is 14.4 Å². The zero-order chi connectivity index (χ0) is 18.0. The molecule has 3 heterocycles. The smallest absolute Gasteiger partial charge is 0.332 e. The fourth-order valence-electron chi connectivity index (χ4n) is 2.55. The van der Waals surface area contributed by atoms with E-state index in [0.717, 1.165) is 11.0 Å². The van der Waals surface area contributed by atoms with E-state index < -0.39 is 5.69 Å². The number of rotatable bonds is 6. The number of nitrogens with one attached hydrogen (secondary N) is 1. The summed E-state index contributed by atoms with van der Waals surface area (Å²) in [5.41, 5.74) is -0.411. The molecule has 0 spiro atoms. The largest absolute Gasteiger partial charge is 0.467 e. The first-order valence-electron chi connectivity index (χ1n) is 8.03. The summed E-state index contributed by atoms with van der Waals surface area (Å²) in [6.45, 7) is 3.77. The third-order valence-corrected chi connectivity index (χ3v) is 4.94. The predicted molar refractivity (Wildman–Crippen MR) is 96.1 cm³/mol. The van der Waals surface area contributed by atoms with Gasteiger partial charge in [0.15, 0.2) is 0 Å². The minimum atomic E-state index is -0.522. The van der Waals surface area contributed by atoms with Gasteiger partial charge in [-0.15, -0.1) is 11.3 Å². The quantitative estimate of drug-likeness (QED) is 0.725. The molecule has 8 heteroatoms. The van der Waals surface area contributed by atoms with Crippen molar-refractivity contribution in [2.45, 2.75) is 39.4 Å². The van der Waals surface area contributed by atoms with E-state index in [1.165, 1.54) is 22.2 Å². The van der Waals surface area contributed by atoms with Crippen LogP contribution in [0.25, 0.3) is 10.2 Å². The average molecular weight is 361 g/mol. The molecule has 3 aromatic rings. The molecule has 3 rings (SSSR count). The molecule has 1 amide bonds. The van der Waals surface area contributed by atoms with Crippen LogP contribution in [-0.2, 0) is 17.9 Å². The Morgan fingerprint density at radius 2 is 2.12 bits per heavy atom. The van der Waals surface area contributed by atoms with Gasteiger partial charge in [-0.25, -0.2) is 4.79 Å². The Bertz CT molecular complexity index is 997. The molecule has 0 saturated carbocycles. The third kappa shape index (κ3) is 3.43. The van der Waals surface area contributed by atoms with Crippen LogP contribution in [0.2, 0.25) is 0 Å². The van der Waals surface area contributed by atoms with Gasteiger partial charge >= 0.3 is 5.69 Å². The predicted octanol–water partition coefficient (Wildman–Crippen LogP) is 1.78. The Labute approximate surface area is 147 Å². The van der Waals surface area contributed by atoms with E-state index in [0.29, 0.717) is 16.0 Å². The number of nitrogens with zero attached hydrogens (tertiary/aromatic N) is 2. The first-order valence-corrected chi connectivity index (χ1v) is 8.91. The van der Waals surface area contributed by atoms with Crippen LogP contribution in [0.1, 0.15) is 26.0 Å². The molecule has 0 aliphatic heterocycles. The van der Waals surface area contributed by atoms with Crippen LogP contribution < -0.4 is 16.6 Å². The lowest BCUT2D eigenvalue weighted by Gasteiger charge is -2.14. The van der Waals surface area contributed by atoms with Crippen LogP contribution in [0.3, 0.4) is 0 Å². The third-order valence-electron chi connectivity index (χ3n) is 4.05. The lowest BCUT2D eigenvalue weighted by molar-refractivity contribution is -0.122. The summed E-state index contributed by atoms with van der Waals surface area (Å²) in [7, 11) is 0. The second-order valence-electron chi connectivity index (χ2n) is 5.85. The van der Waals surface area contributed by atoms with Gasteiger partial charge < -0.3 is 9.73 Å². The van der Waals surface area contributed by atoms with E-state index in [1.807, 2.05) is 13.8 Å². The van der Waals surface area contributed by atoms with Crippen molar-refractivity contribution in [2.75, 3.05) is 0 Å². The average Bonchev–Trinajstić information content (AvgIpc) is 3.26. The van der Waals surface area contributed by atoms with Crippen LogP contribution in [0.4, 0.5) is 0 Å². The highest BCUT2D eigenvalue weighted by Gasteiger charge is 2.17. The Morgan fingerprint density at radius 1 is 1.32 bits per heavy atom. The molecule has 0 aromatic carbocycles. The number of amides is 1. The van der Waals surface area contributed by atoms with Crippen molar-refractivity contribution in [2.24, 2.45) is 0 Å². The number of carbonyl (C=O) groups is 1. The molecule has 7 nitrogen and oxygen atoms in total. The topological polar surface area (TPSA) is 86.2 Å². The van der Waals surface area contributed by atoms with Gasteiger partial charge in [0.1, 0.15) is 17.0 Å². The van der Waals surface area contributed by atoms with Crippen molar-refractivity contribution in [1.29, 1.82) is 0 Å². The Kier molecular flexibility index (Phi) is 4.89. The number of hydrogen-bond acceptors (Lipinski definition) is 5. The number of carbonyl (C=O) groups excluding carboxylic acids is 1. The normalized spacial score (nSPS) is 12.4. The Hall–Kier alpha value is -2.61. The van der Waals surface area contributed by atoms with Crippen molar-refractivity contribution in [3.05, 3.63) is 56.4 Å². The second-order valence-corrected chi connectivity index (χ2v) is 6.77. The lowest BCUT2D eigenvalue weighted by atomic mass is 10.2. The molecule has 0 unspecified atom stereocenters. The minimum Gasteiger partial charge on any atom is -0.467 e. The van der Waals surface area contributed by atoms with Gasteiger partial charge in [-0.2, -0.15) is 0 Å². The molecule has 0 fully saturated rings. The maximum atomic E-state index is 12.8. The molecule has 0 bridgehead atoms. The second kappa shape index (κ2) is 7.10. The number of hydrogen-bond donors (Lipinski definition) is 1. The molecule has 132 valence electrons. The standard InChI is InChI=1S/C17H19N3O4S/c1-3-11(2)18-14(21)10-19-13-6-8-25-15(13)16(22)20(17(19)23)9-12-5-4-7-24-12/h4-8,11H,3,9-10H2,1-2H3,(H,18,21)/t11-/m0/s1. The highest BCUT2D eigenvalue weighted by Crippen LogP contribution is 2.15. The van der Waals surface area contributed by atoms with Gasteiger partial charge in [0.05, 0.1) is 18.3 Å². The maximum absolute atomic E-state index is 12.8. The molecule has 0 aliphatic rings. The summed E-state index contributed by atoms with van der Waals surface area (Å²) in [5, 5.41) is 4.58. The fraction of sp³-hybridized carbons (Fsp3) is 0.353. The summed E-state index contributed by atoms with van der Waals surface area (Å²) < 4.78 is 8.14. The van der Waals surface area contributed by atoms with Crippen LogP contribution in [0.15, 0.2) is 43.8 Å². The molecule has 0 radical (unpaired) electrons. The molecule has 1 atom stereocenters. The number of aromatic nitrogens is 2. The van der Waals surface area contributed by atoms with Crippen molar-refractivity contribution >= 4 is 27.5 Å². The number of thiophene rings is 1. The van der Waals surface area contributed by atoms with Gasteiger partial charge in [0.2, 0.25) is 5.91 Å². The van der Waals surface area contributed by atoms with Gasteiger partial charge in [-0.1, -0.05) is 6.92 Å². The Morgan fingerprint density at radius 3 is 2.80 bits per heavy atom. The SMILES string of the molecule is CC[C@H](C)NC(=O)Cn1c(=O)n(Cc2ccco2)c(=O)c2sccc21. The van der Waals surface area contributed by atoms with Crippen molar-refractivity contribution in [1.82, 2.24) is 14.5 Å². The summed E-state index contributed by atoms with van der Waals surface area (Å²) in [4.78, 5) is 37.7. The molecule has 1 N–H and O–H groups in total. The first kappa shape index (κ1) is 17.2. The lowest BCUT2D eigenvalue weighted by Crippen LogP contribution is -2.43. The van der Waals surface area contributed by atoms with Gasteiger partial charge in [0.25, 0.3) is 5.56 Å². The van der Waals surface area contributed by atoms with Crippen molar-refractivity contribution < 1.29 is 9.21 Å². The van der Waals surface area contributed by atoms with Crippen LogP contribution in [0, 0.1) is 0 Å². The summed E-state index contributed by atoms with van der Waals surface area (Å²) in [6.07, 6.45) is 2.29. The number of furan rings is 1. The molecular weight excluding hydrogens is 342 g/mol. The fourth-order valence-corrected chi connectivity index (χ4v) is 3.39. The summed E-state index contributed by atoms with van der Waals surface area (Å²) >= 11 is 1.25. The van der Waals surface area contributed by atoms with E-state index in [1.54, 1.807) is 23.6 Å². The van der Waals surface area contributed by atoms with Gasteiger partial charge in [0, 0.05) is 6.04 Å². The van der Waals surface area contributed by atoms with E-state index in [-0.39, 0.29) is 30.6 Å². The van der Waals surface area contributed by atoms with Crippen LogP contribution in [-0.4, -0.2) is 21.1 Å². The Balaban J connectivity index is 2.05. The minimum absolute atomic E-state index is 0.0233. The van der Waals surface area contributed by atoms with Crippen molar-refractivity contribution in [3.8, 4) is 0 Å². The first-order chi connectivity index (χ1) is 12.0. The zero-order valence-electron chi connectivity index (χ0n) is 14.0. The zero-order valence-corrected chi connectivity index (χ0v) is 14.8. The monoisotopic (exact) mass is 361 g/mol.